The molecule has 0 aliphatic carbocycles. The molecule has 0 spiro atoms. The Labute approximate surface area is 77.7 Å². The molecule has 0 unspecified atom stereocenters. The van der Waals surface area contributed by atoms with Crippen molar-refractivity contribution in [3.63, 3.8) is 0 Å². The summed E-state index contributed by atoms with van der Waals surface area (Å²) in [6.07, 6.45) is 0. The third kappa shape index (κ3) is 2.79. The molecule has 0 aliphatic heterocycles. The van der Waals surface area contributed by atoms with Gasteiger partial charge >= 0.3 is 0 Å². The molecule has 0 saturated heterocycles. The van der Waals surface area contributed by atoms with Crippen molar-refractivity contribution in [1.82, 2.24) is 5.32 Å². The maximum absolute atomic E-state index is 12.8. The minimum atomic E-state index is -0.204. The van der Waals surface area contributed by atoms with Crippen LogP contribution in [0.25, 0.3) is 0 Å². The van der Waals surface area contributed by atoms with Gasteiger partial charge in [-0.1, -0.05) is 6.07 Å². The van der Waals surface area contributed by atoms with E-state index in [0.29, 0.717) is 13.2 Å². The van der Waals surface area contributed by atoms with Crippen LogP contribution < -0.4 is 5.32 Å². The monoisotopic (exact) mass is 183 g/mol. The van der Waals surface area contributed by atoms with Gasteiger partial charge in [-0.3, -0.25) is 0 Å². The van der Waals surface area contributed by atoms with Crippen molar-refractivity contribution < 1.29 is 9.13 Å². The van der Waals surface area contributed by atoms with Gasteiger partial charge in [0.15, 0.2) is 0 Å². The lowest BCUT2D eigenvalue weighted by molar-refractivity contribution is 0.184. The van der Waals surface area contributed by atoms with Gasteiger partial charge in [0.05, 0.1) is 6.61 Å². The van der Waals surface area contributed by atoms with Crippen LogP contribution in [-0.4, -0.2) is 14.2 Å². The molecule has 1 aromatic rings. The average Bonchev–Trinajstić information content (AvgIpc) is 2.10. The second-order valence-corrected chi connectivity index (χ2v) is 2.88. The van der Waals surface area contributed by atoms with E-state index >= 15 is 0 Å². The Balaban J connectivity index is 2.89. The highest BCUT2D eigenvalue weighted by Crippen LogP contribution is 2.12. The summed E-state index contributed by atoms with van der Waals surface area (Å²) in [5, 5.41) is 2.99. The third-order valence-corrected chi connectivity index (χ3v) is 1.84. The molecule has 72 valence electrons. The molecule has 0 heterocycles. The Kier molecular flexibility index (Phi) is 3.86. The summed E-state index contributed by atoms with van der Waals surface area (Å²) in [5.41, 5.74) is 1.97. The van der Waals surface area contributed by atoms with Gasteiger partial charge in [-0.25, -0.2) is 4.39 Å². The lowest BCUT2D eigenvalue weighted by atomic mass is 10.1. The predicted molar refractivity (Wildman–Crippen MR) is 49.9 cm³/mol. The molecular weight excluding hydrogens is 169 g/mol. The molecule has 2 nitrogen and oxygen atoms in total. The van der Waals surface area contributed by atoms with Crippen molar-refractivity contribution in [2.75, 3.05) is 14.2 Å². The number of hydrogen-bond donors (Lipinski definition) is 1. The van der Waals surface area contributed by atoms with Crippen LogP contribution in [-0.2, 0) is 17.9 Å². The summed E-state index contributed by atoms with van der Waals surface area (Å²) in [6.45, 7) is 1.19. The predicted octanol–water partition coefficient (Wildman–Crippen LogP) is 1.69. The number of hydrogen-bond acceptors (Lipinski definition) is 2. The molecule has 0 amide bonds. The number of rotatable bonds is 4. The van der Waals surface area contributed by atoms with Crippen LogP contribution in [0.2, 0.25) is 0 Å². The van der Waals surface area contributed by atoms with Crippen molar-refractivity contribution in [3.8, 4) is 0 Å². The Bertz CT molecular complexity index is 276. The van der Waals surface area contributed by atoms with Crippen molar-refractivity contribution in [2.24, 2.45) is 0 Å². The van der Waals surface area contributed by atoms with Gasteiger partial charge in [-0.05, 0) is 30.3 Å². The minimum absolute atomic E-state index is 0.204. The first-order valence-corrected chi connectivity index (χ1v) is 4.18. The molecule has 3 heteroatoms. The van der Waals surface area contributed by atoms with Crippen molar-refractivity contribution in [1.29, 1.82) is 0 Å². The number of benzene rings is 1. The van der Waals surface area contributed by atoms with Crippen molar-refractivity contribution in [2.45, 2.75) is 13.2 Å². The Hall–Kier alpha value is -0.930. The maximum Gasteiger partial charge on any atom is 0.123 e. The van der Waals surface area contributed by atoms with Gasteiger partial charge in [0.1, 0.15) is 5.82 Å². The standard InChI is InChI=1S/C10H14FNO/c1-12-6-9-5-10(11)4-3-8(9)7-13-2/h3-5,12H,6-7H2,1-2H3. The Morgan fingerprint density at radius 3 is 2.77 bits per heavy atom. The minimum Gasteiger partial charge on any atom is -0.380 e. The number of nitrogens with one attached hydrogen (secondary N) is 1. The summed E-state index contributed by atoms with van der Waals surface area (Å²) in [4.78, 5) is 0. The molecule has 0 fully saturated rings. The van der Waals surface area contributed by atoms with E-state index in [2.05, 4.69) is 5.32 Å². The zero-order valence-electron chi connectivity index (χ0n) is 7.93. The lowest BCUT2D eigenvalue weighted by Gasteiger charge is -2.07. The highest BCUT2D eigenvalue weighted by Gasteiger charge is 2.02. The smallest absolute Gasteiger partial charge is 0.123 e. The summed E-state index contributed by atoms with van der Waals surface area (Å²) in [6, 6.07) is 4.74. The fourth-order valence-corrected chi connectivity index (χ4v) is 1.25. The summed E-state index contributed by atoms with van der Waals surface area (Å²) in [5.74, 6) is -0.204. The van der Waals surface area contributed by atoms with E-state index in [0.717, 1.165) is 11.1 Å². The quantitative estimate of drug-likeness (QED) is 0.767. The normalized spacial score (nSPS) is 10.4. The molecule has 0 atom stereocenters. The van der Waals surface area contributed by atoms with Crippen LogP contribution in [0.15, 0.2) is 18.2 Å². The first-order chi connectivity index (χ1) is 6.27. The average molecular weight is 183 g/mol. The van der Waals surface area contributed by atoms with E-state index in [1.807, 2.05) is 7.05 Å². The summed E-state index contributed by atoms with van der Waals surface area (Å²) < 4.78 is 17.8. The zero-order valence-corrected chi connectivity index (χ0v) is 7.93. The van der Waals surface area contributed by atoms with Crippen LogP contribution in [0.1, 0.15) is 11.1 Å². The van der Waals surface area contributed by atoms with Gasteiger partial charge in [0.25, 0.3) is 0 Å². The molecule has 1 N–H and O–H groups in total. The van der Waals surface area contributed by atoms with Crippen LogP contribution >= 0.6 is 0 Å². The first kappa shape index (κ1) is 10.2. The molecule has 0 aliphatic rings. The fourth-order valence-electron chi connectivity index (χ4n) is 1.25. The van der Waals surface area contributed by atoms with E-state index in [1.165, 1.54) is 12.1 Å². The topological polar surface area (TPSA) is 21.3 Å². The molecule has 0 bridgehead atoms. The molecule has 0 aromatic heterocycles. The molecule has 0 radical (unpaired) electrons. The molecule has 1 rings (SSSR count). The largest absolute Gasteiger partial charge is 0.380 e. The van der Waals surface area contributed by atoms with E-state index in [1.54, 1.807) is 13.2 Å². The van der Waals surface area contributed by atoms with E-state index in [-0.39, 0.29) is 5.82 Å². The third-order valence-electron chi connectivity index (χ3n) is 1.84. The van der Waals surface area contributed by atoms with Crippen LogP contribution in [0, 0.1) is 5.82 Å². The molecule has 13 heavy (non-hydrogen) atoms. The van der Waals surface area contributed by atoms with Crippen LogP contribution in [0.5, 0.6) is 0 Å². The Morgan fingerprint density at radius 1 is 1.38 bits per heavy atom. The van der Waals surface area contributed by atoms with Crippen molar-refractivity contribution in [3.05, 3.63) is 35.1 Å². The summed E-state index contributed by atoms with van der Waals surface area (Å²) in [7, 11) is 3.47. The highest BCUT2D eigenvalue weighted by molar-refractivity contribution is 5.27. The SMILES string of the molecule is CNCc1cc(F)ccc1COC. The van der Waals surface area contributed by atoms with Gasteiger partial charge in [-0.15, -0.1) is 0 Å². The number of ether oxygens (including phenoxy) is 1. The van der Waals surface area contributed by atoms with Gasteiger partial charge < -0.3 is 10.1 Å². The Morgan fingerprint density at radius 2 is 2.15 bits per heavy atom. The second-order valence-electron chi connectivity index (χ2n) is 2.88. The van der Waals surface area contributed by atoms with E-state index in [4.69, 9.17) is 4.74 Å². The zero-order chi connectivity index (χ0) is 9.68. The maximum atomic E-state index is 12.8. The van der Waals surface area contributed by atoms with E-state index in [9.17, 15) is 4.39 Å². The number of halogens is 1. The summed E-state index contributed by atoms with van der Waals surface area (Å²) >= 11 is 0. The van der Waals surface area contributed by atoms with Gasteiger partial charge in [0.2, 0.25) is 0 Å². The highest BCUT2D eigenvalue weighted by atomic mass is 19.1. The van der Waals surface area contributed by atoms with Gasteiger partial charge in [-0.2, -0.15) is 0 Å². The molecule has 1 aromatic carbocycles. The second kappa shape index (κ2) is 4.94. The number of methoxy groups -OCH3 is 1. The lowest BCUT2D eigenvalue weighted by Crippen LogP contribution is -2.08. The van der Waals surface area contributed by atoms with Gasteiger partial charge in [0, 0.05) is 13.7 Å². The molecular formula is C10H14FNO. The molecule has 0 saturated carbocycles. The fraction of sp³-hybridized carbons (Fsp3) is 0.400. The van der Waals surface area contributed by atoms with Crippen LogP contribution in [0.3, 0.4) is 0 Å². The van der Waals surface area contributed by atoms with E-state index < -0.39 is 0 Å². The van der Waals surface area contributed by atoms with Crippen molar-refractivity contribution >= 4 is 0 Å². The first-order valence-electron chi connectivity index (χ1n) is 4.18. The van der Waals surface area contributed by atoms with Crippen LogP contribution in [0.4, 0.5) is 4.39 Å².